The number of fused-ring (bicyclic) bond motifs is 2. The summed E-state index contributed by atoms with van der Waals surface area (Å²) in [5.41, 5.74) is 3.77. The first-order valence-electron chi connectivity index (χ1n) is 13.1. The first kappa shape index (κ1) is 22.8. The normalized spacial score (nSPS) is 17.2. The summed E-state index contributed by atoms with van der Waals surface area (Å²) in [7, 11) is 0. The van der Waals surface area contributed by atoms with Gasteiger partial charge in [-0.3, -0.25) is 4.79 Å². The molecule has 1 N–H and O–H groups in total. The second kappa shape index (κ2) is 9.76. The van der Waals surface area contributed by atoms with Crippen LogP contribution in [0.5, 0.6) is 5.75 Å². The number of rotatable bonds is 6. The van der Waals surface area contributed by atoms with Gasteiger partial charge in [0.05, 0.1) is 12.6 Å². The summed E-state index contributed by atoms with van der Waals surface area (Å²) in [5.74, 6) is 1.53. The summed E-state index contributed by atoms with van der Waals surface area (Å²) in [6.45, 7) is 3.39. The van der Waals surface area contributed by atoms with Crippen molar-refractivity contribution in [1.82, 2.24) is 25.2 Å². The first-order chi connectivity index (χ1) is 17.7. The van der Waals surface area contributed by atoms with Gasteiger partial charge in [0.25, 0.3) is 5.56 Å². The predicted octanol–water partition coefficient (Wildman–Crippen LogP) is 4.96. The number of H-pyrrole nitrogens is 1. The molecule has 0 bridgehead atoms. The molecule has 8 heteroatoms. The molecule has 186 valence electrons. The molecule has 0 saturated heterocycles. The van der Waals surface area contributed by atoms with E-state index in [4.69, 9.17) is 4.74 Å². The number of tetrazole rings is 1. The number of aromatic amines is 1. The average molecular weight is 485 g/mol. The van der Waals surface area contributed by atoms with E-state index in [0.717, 1.165) is 60.4 Å². The monoisotopic (exact) mass is 484 g/mol. The Morgan fingerprint density at radius 1 is 1.08 bits per heavy atom. The fourth-order valence-electron chi connectivity index (χ4n) is 5.90. The summed E-state index contributed by atoms with van der Waals surface area (Å²) in [6, 6.07) is 16.1. The molecule has 3 heterocycles. The number of pyridine rings is 1. The van der Waals surface area contributed by atoms with E-state index in [1.54, 1.807) is 0 Å². The molecule has 1 fully saturated rings. The Bertz CT molecular complexity index is 1420. The summed E-state index contributed by atoms with van der Waals surface area (Å²) in [4.78, 5) is 19.1. The zero-order valence-electron chi connectivity index (χ0n) is 20.7. The zero-order valence-corrected chi connectivity index (χ0v) is 20.7. The van der Waals surface area contributed by atoms with Crippen molar-refractivity contribution in [3.05, 3.63) is 75.8 Å². The van der Waals surface area contributed by atoms with E-state index >= 15 is 0 Å². The Morgan fingerprint density at radius 2 is 1.94 bits per heavy atom. The van der Waals surface area contributed by atoms with Gasteiger partial charge in [-0.05, 0) is 78.9 Å². The number of nitrogens with zero attached hydrogens (tertiary/aromatic N) is 5. The lowest BCUT2D eigenvalue weighted by Gasteiger charge is -2.38. The van der Waals surface area contributed by atoms with Crippen molar-refractivity contribution in [3.8, 4) is 5.75 Å². The average Bonchev–Trinajstić information content (AvgIpc) is 3.40. The molecule has 2 aliphatic rings. The Morgan fingerprint density at radius 3 is 2.81 bits per heavy atom. The van der Waals surface area contributed by atoms with E-state index in [1.807, 2.05) is 35.9 Å². The molecule has 6 rings (SSSR count). The maximum Gasteiger partial charge on any atom is 0.254 e. The summed E-state index contributed by atoms with van der Waals surface area (Å²) < 4.78 is 7.74. The third-order valence-corrected chi connectivity index (χ3v) is 7.59. The van der Waals surface area contributed by atoms with Crippen molar-refractivity contribution in [3.63, 3.8) is 0 Å². The van der Waals surface area contributed by atoms with Gasteiger partial charge in [-0.15, -0.1) is 5.10 Å². The zero-order chi connectivity index (χ0) is 24.5. The largest absolute Gasteiger partial charge is 0.494 e. The van der Waals surface area contributed by atoms with Gasteiger partial charge in [-0.1, -0.05) is 37.5 Å². The van der Waals surface area contributed by atoms with Crippen LogP contribution in [0, 0.1) is 0 Å². The lowest BCUT2D eigenvalue weighted by atomic mass is 9.94. The standard InChI is InChI=1S/C28H32N6O2/c1-2-36-22-14-15-24-20(17-22)18-23(28(35)29-24)26(33-16-8-10-19-9-6-7-13-25(19)33)27-30-31-32-34(27)21-11-4-3-5-12-21/h6-7,9,13-15,17-18,21,26H,2-5,8,10-12,16H2,1H3,(H,29,35)/t26-/m1/s1. The number of hydrogen-bond acceptors (Lipinski definition) is 6. The minimum absolute atomic E-state index is 0.113. The fourth-order valence-corrected chi connectivity index (χ4v) is 5.90. The lowest BCUT2D eigenvalue weighted by molar-refractivity contribution is 0.313. The van der Waals surface area contributed by atoms with Crippen molar-refractivity contribution in [2.24, 2.45) is 0 Å². The minimum Gasteiger partial charge on any atom is -0.494 e. The number of ether oxygens (including phenoxy) is 1. The van der Waals surface area contributed by atoms with Crippen LogP contribution in [0.1, 0.15) is 74.5 Å². The number of anilines is 1. The predicted molar refractivity (Wildman–Crippen MR) is 140 cm³/mol. The molecular weight excluding hydrogens is 452 g/mol. The molecule has 2 aromatic heterocycles. The van der Waals surface area contributed by atoms with E-state index in [-0.39, 0.29) is 11.6 Å². The van der Waals surface area contributed by atoms with E-state index in [2.05, 4.69) is 49.7 Å². The molecule has 8 nitrogen and oxygen atoms in total. The van der Waals surface area contributed by atoms with Crippen LogP contribution in [0.2, 0.25) is 0 Å². The van der Waals surface area contributed by atoms with Gasteiger partial charge in [0, 0.05) is 28.7 Å². The number of benzene rings is 2. The van der Waals surface area contributed by atoms with Gasteiger partial charge in [-0.2, -0.15) is 0 Å². The third kappa shape index (κ3) is 4.14. The number of aryl methyl sites for hydroxylation is 1. The first-order valence-corrected chi connectivity index (χ1v) is 13.1. The molecule has 1 saturated carbocycles. The van der Waals surface area contributed by atoms with Crippen LogP contribution in [-0.2, 0) is 6.42 Å². The molecular formula is C28H32N6O2. The maximum atomic E-state index is 13.6. The highest BCUT2D eigenvalue weighted by Crippen LogP contribution is 2.38. The van der Waals surface area contributed by atoms with E-state index in [0.29, 0.717) is 12.2 Å². The SMILES string of the molecule is CCOc1ccc2[nH]c(=O)c([C@H](c3nnnn3C3CCCCC3)N3CCCc4ccccc43)cc2c1. The Labute approximate surface area is 210 Å². The summed E-state index contributed by atoms with van der Waals surface area (Å²) in [5, 5.41) is 14.1. The van der Waals surface area contributed by atoms with E-state index in [9.17, 15) is 4.79 Å². The highest BCUT2D eigenvalue weighted by atomic mass is 16.5. The Hall–Kier alpha value is -3.68. The minimum atomic E-state index is -0.396. The number of hydrogen-bond donors (Lipinski definition) is 1. The Kier molecular flexibility index (Phi) is 6.17. The molecule has 0 unspecified atom stereocenters. The highest BCUT2D eigenvalue weighted by molar-refractivity contribution is 5.81. The topological polar surface area (TPSA) is 88.9 Å². The highest BCUT2D eigenvalue weighted by Gasteiger charge is 2.34. The molecule has 0 spiro atoms. The van der Waals surface area contributed by atoms with Gasteiger partial charge in [-0.25, -0.2) is 4.68 Å². The number of nitrogens with one attached hydrogen (secondary N) is 1. The van der Waals surface area contributed by atoms with Crippen molar-refractivity contribution < 1.29 is 4.74 Å². The summed E-state index contributed by atoms with van der Waals surface area (Å²) >= 11 is 0. The molecule has 0 radical (unpaired) electrons. The van der Waals surface area contributed by atoms with Crippen molar-refractivity contribution in [2.75, 3.05) is 18.1 Å². The van der Waals surface area contributed by atoms with Gasteiger partial charge >= 0.3 is 0 Å². The van der Waals surface area contributed by atoms with Crippen molar-refractivity contribution in [1.29, 1.82) is 0 Å². The molecule has 36 heavy (non-hydrogen) atoms. The van der Waals surface area contributed by atoms with Gasteiger partial charge in [0.15, 0.2) is 5.82 Å². The molecule has 1 atom stereocenters. The molecule has 1 aliphatic carbocycles. The molecule has 2 aromatic carbocycles. The number of aromatic nitrogens is 5. The second-order valence-corrected chi connectivity index (χ2v) is 9.84. The molecule has 4 aromatic rings. The van der Waals surface area contributed by atoms with Crippen LogP contribution in [0.4, 0.5) is 5.69 Å². The second-order valence-electron chi connectivity index (χ2n) is 9.84. The fraction of sp³-hybridized carbons (Fsp3) is 0.429. The number of para-hydroxylation sites is 1. The lowest BCUT2D eigenvalue weighted by Crippen LogP contribution is -2.39. The van der Waals surface area contributed by atoms with Crippen LogP contribution in [0.3, 0.4) is 0 Å². The van der Waals surface area contributed by atoms with Crippen LogP contribution in [0.15, 0.2) is 53.3 Å². The van der Waals surface area contributed by atoms with Crippen molar-refractivity contribution >= 4 is 16.6 Å². The quantitative estimate of drug-likeness (QED) is 0.416. The molecule has 0 amide bonds. The summed E-state index contributed by atoms with van der Waals surface area (Å²) in [6.07, 6.45) is 7.77. The molecule has 1 aliphatic heterocycles. The van der Waals surface area contributed by atoms with Gasteiger partial charge < -0.3 is 14.6 Å². The van der Waals surface area contributed by atoms with Gasteiger partial charge in [0.1, 0.15) is 11.8 Å². The Balaban J connectivity index is 1.54. The van der Waals surface area contributed by atoms with E-state index < -0.39 is 6.04 Å². The maximum absolute atomic E-state index is 13.6. The van der Waals surface area contributed by atoms with Crippen LogP contribution >= 0.6 is 0 Å². The smallest absolute Gasteiger partial charge is 0.254 e. The third-order valence-electron chi connectivity index (χ3n) is 7.59. The van der Waals surface area contributed by atoms with Crippen LogP contribution < -0.4 is 15.2 Å². The van der Waals surface area contributed by atoms with Crippen LogP contribution in [-0.4, -0.2) is 38.3 Å². The van der Waals surface area contributed by atoms with Gasteiger partial charge in [0.2, 0.25) is 0 Å². The van der Waals surface area contributed by atoms with Crippen LogP contribution in [0.25, 0.3) is 10.9 Å². The van der Waals surface area contributed by atoms with E-state index in [1.165, 1.54) is 24.8 Å². The van der Waals surface area contributed by atoms with Crippen molar-refractivity contribution in [2.45, 2.75) is 64.0 Å².